The number of thioether (sulfide) groups is 1. The molecular weight excluding hydrogens is 376 g/mol. The quantitative estimate of drug-likeness (QED) is 0.720. The Kier molecular flexibility index (Phi) is 6.75. The second-order valence-electron chi connectivity index (χ2n) is 6.24. The Morgan fingerprint density at radius 2 is 1.89 bits per heavy atom. The van der Waals surface area contributed by atoms with E-state index >= 15 is 0 Å². The third-order valence-electron chi connectivity index (χ3n) is 4.12. The van der Waals surface area contributed by atoms with Gasteiger partial charge in [-0.3, -0.25) is 14.6 Å². The zero-order valence-electron chi connectivity index (χ0n) is 14.9. The van der Waals surface area contributed by atoms with Crippen molar-refractivity contribution < 1.29 is 18.1 Å². The number of nitrogens with one attached hydrogen (secondary N) is 1. The van der Waals surface area contributed by atoms with Crippen LogP contribution in [0.2, 0.25) is 0 Å². The van der Waals surface area contributed by atoms with Gasteiger partial charge in [0.25, 0.3) is 5.76 Å². The number of amides is 1. The number of anilines is 1. The highest BCUT2D eigenvalue weighted by atomic mass is 32.2. The number of carbonyl (C=O) groups is 1. The van der Waals surface area contributed by atoms with Gasteiger partial charge in [0, 0.05) is 36.8 Å². The monoisotopic (exact) mass is 397 g/mol. The lowest BCUT2D eigenvalue weighted by molar-refractivity contribution is -0.117. The lowest BCUT2D eigenvalue weighted by Gasteiger charge is -2.33. The fraction of sp³-hybridized carbons (Fsp3) is 0.471. The first-order valence-corrected chi connectivity index (χ1v) is 9.44. The summed E-state index contributed by atoms with van der Waals surface area (Å²) in [7, 11) is 0. The minimum atomic E-state index is -2.45. The molecule has 2 aromatic rings. The highest BCUT2D eigenvalue weighted by molar-refractivity contribution is 7.99. The highest BCUT2D eigenvalue weighted by Crippen LogP contribution is 2.26. The number of aromatic nitrogens is 2. The Balaban J connectivity index is 1.40. The molecule has 7 nitrogen and oxygen atoms in total. The zero-order chi connectivity index (χ0) is 19.2. The maximum Gasteiger partial charge on any atom is 0.288 e. The van der Waals surface area contributed by atoms with E-state index in [4.69, 9.17) is 4.52 Å². The number of aryl methyl sites for hydroxylation is 1. The van der Waals surface area contributed by atoms with Crippen molar-refractivity contribution in [1.82, 2.24) is 19.9 Å². The van der Waals surface area contributed by atoms with E-state index in [2.05, 4.69) is 25.3 Å². The summed E-state index contributed by atoms with van der Waals surface area (Å²) in [5.41, 5.74) is 0.601. The summed E-state index contributed by atoms with van der Waals surface area (Å²) in [6, 6.07) is 6.41. The summed E-state index contributed by atoms with van der Waals surface area (Å²) in [5, 5.41) is 6.58. The molecule has 1 aliphatic rings. The minimum Gasteiger partial charge on any atom is -0.338 e. The van der Waals surface area contributed by atoms with E-state index in [0.717, 1.165) is 26.2 Å². The van der Waals surface area contributed by atoms with Crippen molar-refractivity contribution in [3.05, 3.63) is 36.0 Å². The summed E-state index contributed by atoms with van der Waals surface area (Å²) < 4.78 is 29.8. The van der Waals surface area contributed by atoms with Gasteiger partial charge < -0.3 is 9.84 Å². The molecule has 0 saturated carbocycles. The van der Waals surface area contributed by atoms with Crippen molar-refractivity contribution in [2.75, 3.05) is 38.0 Å². The fourth-order valence-corrected chi connectivity index (χ4v) is 3.32. The van der Waals surface area contributed by atoms with E-state index in [-0.39, 0.29) is 5.91 Å². The van der Waals surface area contributed by atoms with Crippen LogP contribution in [0.1, 0.15) is 11.7 Å². The zero-order valence-corrected chi connectivity index (χ0v) is 15.7. The minimum absolute atomic E-state index is 0.120. The third-order valence-corrected chi connectivity index (χ3v) is 4.85. The van der Waals surface area contributed by atoms with Crippen LogP contribution in [0.3, 0.4) is 0 Å². The van der Waals surface area contributed by atoms with Crippen LogP contribution < -0.4 is 5.32 Å². The maximum atomic E-state index is 12.3. The summed E-state index contributed by atoms with van der Waals surface area (Å²) in [6.45, 7) is 5.86. The molecule has 0 bridgehead atoms. The van der Waals surface area contributed by atoms with Gasteiger partial charge in [-0.2, -0.15) is 13.8 Å². The van der Waals surface area contributed by atoms with E-state index in [0.29, 0.717) is 47.1 Å². The number of nitrogens with zero attached hydrogens (tertiary/aromatic N) is 4. The van der Waals surface area contributed by atoms with Gasteiger partial charge in [0.1, 0.15) is 0 Å². The highest BCUT2D eigenvalue weighted by Gasteiger charge is 2.20. The predicted molar refractivity (Wildman–Crippen MR) is 97.7 cm³/mol. The molecule has 1 amide bonds. The van der Waals surface area contributed by atoms with Crippen LogP contribution in [0.25, 0.3) is 0 Å². The number of halogens is 2. The molecule has 0 unspecified atom stereocenters. The maximum absolute atomic E-state index is 12.3. The molecule has 1 aromatic heterocycles. The van der Waals surface area contributed by atoms with Crippen molar-refractivity contribution in [3.8, 4) is 0 Å². The molecule has 0 aliphatic carbocycles. The van der Waals surface area contributed by atoms with E-state index in [1.54, 1.807) is 31.2 Å². The summed E-state index contributed by atoms with van der Waals surface area (Å²) in [4.78, 5) is 21.1. The molecule has 10 heteroatoms. The smallest absolute Gasteiger partial charge is 0.288 e. The standard InChI is InChI=1S/C17H21F2N5O2S/c1-12-20-16(26-22-12)11-24-8-6-23(7-9-24)10-15(25)21-13-2-4-14(5-3-13)27-17(18)19/h2-5,17H,6-11H2,1H3,(H,21,25). The molecule has 1 fully saturated rings. The van der Waals surface area contributed by atoms with Crippen LogP contribution in [0.5, 0.6) is 0 Å². The SMILES string of the molecule is Cc1noc(CN2CCN(CC(=O)Nc3ccc(SC(F)F)cc3)CC2)n1. The Morgan fingerprint density at radius 1 is 1.22 bits per heavy atom. The van der Waals surface area contributed by atoms with Crippen LogP contribution in [0.15, 0.2) is 33.7 Å². The van der Waals surface area contributed by atoms with Gasteiger partial charge in [-0.15, -0.1) is 0 Å². The van der Waals surface area contributed by atoms with Gasteiger partial charge >= 0.3 is 0 Å². The summed E-state index contributed by atoms with van der Waals surface area (Å²) in [6.07, 6.45) is 0. The number of hydrogen-bond donors (Lipinski definition) is 1. The molecule has 1 aromatic carbocycles. The van der Waals surface area contributed by atoms with E-state index < -0.39 is 5.76 Å². The molecular formula is C17H21F2N5O2S. The Labute approximate surface area is 160 Å². The number of carbonyl (C=O) groups excluding carboxylic acids is 1. The third kappa shape index (κ3) is 6.26. The van der Waals surface area contributed by atoms with Crippen LogP contribution in [0.4, 0.5) is 14.5 Å². The van der Waals surface area contributed by atoms with Gasteiger partial charge in [-0.25, -0.2) is 0 Å². The van der Waals surface area contributed by atoms with Gasteiger partial charge in [0.2, 0.25) is 11.8 Å². The Hall–Kier alpha value is -2.04. The first-order valence-electron chi connectivity index (χ1n) is 8.56. The van der Waals surface area contributed by atoms with Crippen LogP contribution in [-0.4, -0.2) is 64.3 Å². The van der Waals surface area contributed by atoms with Gasteiger partial charge in [-0.1, -0.05) is 16.9 Å². The first kappa shape index (κ1) is 19.7. The number of hydrogen-bond acceptors (Lipinski definition) is 7. The van der Waals surface area contributed by atoms with Gasteiger partial charge in [-0.05, 0) is 31.2 Å². The predicted octanol–water partition coefficient (Wildman–Crippen LogP) is 2.45. The van der Waals surface area contributed by atoms with Gasteiger partial charge in [0.05, 0.1) is 13.1 Å². The topological polar surface area (TPSA) is 74.5 Å². The molecule has 0 atom stereocenters. The molecule has 1 saturated heterocycles. The molecule has 1 aliphatic heterocycles. The van der Waals surface area contributed by atoms with E-state index in [1.807, 2.05) is 0 Å². The van der Waals surface area contributed by atoms with Crippen molar-refractivity contribution in [3.63, 3.8) is 0 Å². The molecule has 3 rings (SSSR count). The molecule has 0 spiro atoms. The summed E-state index contributed by atoms with van der Waals surface area (Å²) >= 11 is 0.482. The average molecular weight is 397 g/mol. The van der Waals surface area contributed by atoms with E-state index in [1.165, 1.54) is 0 Å². The van der Waals surface area contributed by atoms with Gasteiger partial charge in [0.15, 0.2) is 5.82 Å². The number of piperazine rings is 1. The number of benzene rings is 1. The van der Waals surface area contributed by atoms with Crippen LogP contribution in [0, 0.1) is 6.92 Å². The Morgan fingerprint density at radius 3 is 2.48 bits per heavy atom. The second-order valence-corrected chi connectivity index (χ2v) is 7.30. The van der Waals surface area contributed by atoms with Crippen molar-refractivity contribution in [2.24, 2.45) is 0 Å². The molecule has 2 heterocycles. The van der Waals surface area contributed by atoms with Crippen LogP contribution >= 0.6 is 11.8 Å². The lowest BCUT2D eigenvalue weighted by Crippen LogP contribution is -2.48. The largest absolute Gasteiger partial charge is 0.338 e. The normalized spacial score (nSPS) is 16.0. The number of rotatable bonds is 7. The van der Waals surface area contributed by atoms with Crippen molar-refractivity contribution >= 4 is 23.4 Å². The van der Waals surface area contributed by atoms with Crippen molar-refractivity contribution in [2.45, 2.75) is 24.1 Å². The lowest BCUT2D eigenvalue weighted by atomic mass is 10.3. The number of alkyl halides is 2. The molecule has 27 heavy (non-hydrogen) atoms. The summed E-state index contributed by atoms with van der Waals surface area (Å²) in [5.74, 6) is -1.34. The molecule has 146 valence electrons. The van der Waals surface area contributed by atoms with Crippen LogP contribution in [-0.2, 0) is 11.3 Å². The van der Waals surface area contributed by atoms with Crippen molar-refractivity contribution in [1.29, 1.82) is 0 Å². The molecule has 0 radical (unpaired) electrons. The second kappa shape index (κ2) is 9.25. The van der Waals surface area contributed by atoms with E-state index in [9.17, 15) is 13.6 Å². The fourth-order valence-electron chi connectivity index (χ4n) is 2.82. The molecule has 1 N–H and O–H groups in total. The first-order chi connectivity index (χ1) is 13.0. The average Bonchev–Trinajstić information content (AvgIpc) is 3.03. The Bertz CT molecular complexity index is 748.